The van der Waals surface area contributed by atoms with Gasteiger partial charge in [-0.2, -0.15) is 0 Å². The Morgan fingerprint density at radius 2 is 2.09 bits per heavy atom. The predicted molar refractivity (Wildman–Crippen MR) is 139 cm³/mol. The normalized spacial score (nSPS) is 15.8. The molecule has 178 valence electrons. The third kappa shape index (κ3) is 4.43. The summed E-state index contributed by atoms with van der Waals surface area (Å²) in [5, 5.41) is 2.96. The number of benzene rings is 1. The number of hydrogen-bond acceptors (Lipinski definition) is 7. The zero-order valence-electron chi connectivity index (χ0n) is 18.6. The predicted octanol–water partition coefficient (Wildman–Crippen LogP) is 5.43. The van der Waals surface area contributed by atoms with Crippen molar-refractivity contribution in [3.63, 3.8) is 0 Å². The van der Waals surface area contributed by atoms with E-state index in [4.69, 9.17) is 32.4 Å². The lowest BCUT2D eigenvalue weighted by Gasteiger charge is -2.23. The van der Waals surface area contributed by atoms with Crippen LogP contribution in [0, 0.1) is 0 Å². The minimum absolute atomic E-state index is 0.231. The smallest absolute Gasteiger partial charge is 0.338 e. The first kappa shape index (κ1) is 23.8. The zero-order chi connectivity index (χ0) is 24.7. The Morgan fingerprint density at radius 1 is 1.26 bits per heavy atom. The van der Waals surface area contributed by atoms with Crippen LogP contribution in [0.2, 0.25) is 10.0 Å². The fourth-order valence-corrected chi connectivity index (χ4v) is 6.13. The van der Waals surface area contributed by atoms with Crippen molar-refractivity contribution in [2.45, 2.75) is 19.9 Å². The molecule has 1 aliphatic rings. The number of furan rings is 1. The summed E-state index contributed by atoms with van der Waals surface area (Å²) in [6.45, 7) is 3.74. The number of allylic oxidation sites excluding steroid dienone is 1. The van der Waals surface area contributed by atoms with Crippen molar-refractivity contribution in [1.29, 1.82) is 0 Å². The summed E-state index contributed by atoms with van der Waals surface area (Å²) < 4.78 is 13.2. The Kier molecular flexibility index (Phi) is 6.55. The summed E-state index contributed by atoms with van der Waals surface area (Å²) in [6, 6.07) is 11.8. The number of nitrogens with zero attached hydrogens (tertiary/aromatic N) is 2. The van der Waals surface area contributed by atoms with Crippen LogP contribution in [-0.4, -0.2) is 17.1 Å². The molecule has 1 aromatic carbocycles. The molecule has 0 fully saturated rings. The first-order valence-electron chi connectivity index (χ1n) is 10.7. The van der Waals surface area contributed by atoms with Crippen molar-refractivity contribution in [2.24, 2.45) is 4.99 Å². The zero-order valence-corrected chi connectivity index (χ0v) is 21.7. The van der Waals surface area contributed by atoms with E-state index in [1.807, 2.05) is 17.5 Å². The topological polar surface area (TPSA) is 73.8 Å². The van der Waals surface area contributed by atoms with Gasteiger partial charge in [-0.3, -0.25) is 9.36 Å². The largest absolute Gasteiger partial charge is 0.463 e. The van der Waals surface area contributed by atoms with Crippen LogP contribution in [0.25, 0.3) is 17.4 Å². The van der Waals surface area contributed by atoms with Gasteiger partial charge in [0.15, 0.2) is 4.80 Å². The summed E-state index contributed by atoms with van der Waals surface area (Å²) in [6.07, 6.45) is 1.67. The van der Waals surface area contributed by atoms with Crippen molar-refractivity contribution < 1.29 is 13.9 Å². The van der Waals surface area contributed by atoms with E-state index in [2.05, 4.69) is 4.99 Å². The van der Waals surface area contributed by atoms with Gasteiger partial charge in [-0.1, -0.05) is 40.6 Å². The van der Waals surface area contributed by atoms with E-state index in [1.165, 1.54) is 22.7 Å². The highest BCUT2D eigenvalue weighted by molar-refractivity contribution is 7.10. The lowest BCUT2D eigenvalue weighted by Crippen LogP contribution is -2.39. The average molecular weight is 545 g/mol. The number of ether oxygens (including phenoxy) is 1. The van der Waals surface area contributed by atoms with Gasteiger partial charge in [0.05, 0.1) is 27.4 Å². The molecule has 0 unspecified atom stereocenters. The minimum atomic E-state index is -0.607. The summed E-state index contributed by atoms with van der Waals surface area (Å²) in [5.41, 5.74) is 1.29. The first-order chi connectivity index (χ1) is 16.9. The van der Waals surface area contributed by atoms with Crippen LogP contribution in [0.15, 0.2) is 73.3 Å². The van der Waals surface area contributed by atoms with Gasteiger partial charge < -0.3 is 9.15 Å². The molecule has 0 aliphatic carbocycles. The standard InChI is InChI=1S/C25H18Cl2N2O4S2/c1-3-32-24(31)21-13(2)28-25-29(22(21)19-5-4-10-34-19)23(30)20(35-25)12-15-7-9-18(33-15)16-11-14(26)6-8-17(16)27/h4-12,22H,3H2,1-2H3/b20-12-/t22-/m0/s1. The van der Waals surface area contributed by atoms with E-state index < -0.39 is 12.0 Å². The van der Waals surface area contributed by atoms with Crippen molar-refractivity contribution in [2.75, 3.05) is 6.61 Å². The van der Waals surface area contributed by atoms with Crippen molar-refractivity contribution in [3.8, 4) is 11.3 Å². The Balaban J connectivity index is 1.62. The van der Waals surface area contributed by atoms with E-state index in [9.17, 15) is 9.59 Å². The molecule has 4 heterocycles. The Bertz CT molecular complexity index is 1640. The Morgan fingerprint density at radius 3 is 2.83 bits per heavy atom. The molecular formula is C25H18Cl2N2O4S2. The number of halogens is 2. The molecule has 35 heavy (non-hydrogen) atoms. The van der Waals surface area contributed by atoms with Gasteiger partial charge in [0, 0.05) is 21.5 Å². The number of carbonyl (C=O) groups is 1. The molecule has 5 rings (SSSR count). The number of hydrogen-bond donors (Lipinski definition) is 0. The number of esters is 1. The first-order valence-corrected chi connectivity index (χ1v) is 13.1. The Hall–Kier alpha value is -2.91. The van der Waals surface area contributed by atoms with Gasteiger partial charge in [0.25, 0.3) is 5.56 Å². The molecule has 6 nitrogen and oxygen atoms in total. The third-order valence-corrected chi connectivity index (χ3v) is 7.90. The fraction of sp³-hybridized carbons (Fsp3) is 0.160. The van der Waals surface area contributed by atoms with Gasteiger partial charge >= 0.3 is 5.97 Å². The lowest BCUT2D eigenvalue weighted by molar-refractivity contribution is -0.139. The molecular weight excluding hydrogens is 527 g/mol. The van der Waals surface area contributed by atoms with Crippen molar-refractivity contribution >= 4 is 57.9 Å². The van der Waals surface area contributed by atoms with Crippen LogP contribution in [0.5, 0.6) is 0 Å². The highest BCUT2D eigenvalue weighted by atomic mass is 35.5. The SMILES string of the molecule is CCOC(=O)C1=C(C)N=c2s/c(=C\c3ccc(-c4cc(Cl)ccc4Cl)o3)c(=O)n2[C@H]1c1cccs1. The molecule has 0 bridgehead atoms. The molecule has 0 radical (unpaired) electrons. The minimum Gasteiger partial charge on any atom is -0.463 e. The maximum atomic E-state index is 13.6. The molecule has 0 spiro atoms. The number of carbonyl (C=O) groups excluding carboxylic acids is 1. The number of thiophene rings is 1. The van der Waals surface area contributed by atoms with Crippen LogP contribution in [-0.2, 0) is 9.53 Å². The molecule has 0 saturated carbocycles. The van der Waals surface area contributed by atoms with Crippen LogP contribution in [0.3, 0.4) is 0 Å². The molecule has 10 heteroatoms. The van der Waals surface area contributed by atoms with Crippen LogP contribution in [0.1, 0.15) is 30.5 Å². The monoisotopic (exact) mass is 544 g/mol. The summed E-state index contributed by atoms with van der Waals surface area (Å²) in [7, 11) is 0. The summed E-state index contributed by atoms with van der Waals surface area (Å²) in [4.78, 5) is 32.3. The average Bonchev–Trinajstić information content (AvgIpc) is 3.57. The van der Waals surface area contributed by atoms with E-state index in [1.54, 1.807) is 54.8 Å². The van der Waals surface area contributed by atoms with E-state index in [0.29, 0.717) is 47.7 Å². The summed E-state index contributed by atoms with van der Waals surface area (Å²) >= 11 is 15.1. The molecule has 0 saturated heterocycles. The van der Waals surface area contributed by atoms with Crippen LogP contribution < -0.4 is 14.9 Å². The number of fused-ring (bicyclic) bond motifs is 1. The quantitative estimate of drug-likeness (QED) is 0.314. The maximum Gasteiger partial charge on any atom is 0.338 e. The number of thiazole rings is 1. The second-order valence-corrected chi connectivity index (χ2v) is 10.5. The molecule has 0 amide bonds. The lowest BCUT2D eigenvalue weighted by atomic mass is 10.0. The van der Waals surface area contributed by atoms with E-state index in [-0.39, 0.29) is 12.2 Å². The van der Waals surface area contributed by atoms with Gasteiger partial charge in [0.2, 0.25) is 0 Å². The molecule has 1 aliphatic heterocycles. The van der Waals surface area contributed by atoms with Crippen molar-refractivity contribution in [1.82, 2.24) is 4.57 Å². The molecule has 1 atom stereocenters. The second kappa shape index (κ2) is 9.62. The van der Waals surface area contributed by atoms with Gasteiger partial charge in [-0.05, 0) is 55.6 Å². The maximum absolute atomic E-state index is 13.6. The van der Waals surface area contributed by atoms with Crippen LogP contribution >= 0.6 is 45.9 Å². The fourth-order valence-electron chi connectivity index (χ4n) is 3.90. The van der Waals surface area contributed by atoms with Crippen LogP contribution in [0.4, 0.5) is 0 Å². The molecule has 3 aromatic heterocycles. The number of rotatable bonds is 5. The van der Waals surface area contributed by atoms with Gasteiger partial charge in [0.1, 0.15) is 17.6 Å². The van der Waals surface area contributed by atoms with E-state index in [0.717, 1.165) is 4.88 Å². The van der Waals surface area contributed by atoms with Gasteiger partial charge in [-0.25, -0.2) is 9.79 Å². The number of aromatic nitrogens is 1. The molecule has 0 N–H and O–H groups in total. The third-order valence-electron chi connectivity index (χ3n) is 5.42. The highest BCUT2D eigenvalue weighted by Gasteiger charge is 2.33. The summed E-state index contributed by atoms with van der Waals surface area (Å²) in [5.74, 6) is 0.541. The highest BCUT2D eigenvalue weighted by Crippen LogP contribution is 2.34. The van der Waals surface area contributed by atoms with E-state index >= 15 is 0 Å². The van der Waals surface area contributed by atoms with Gasteiger partial charge in [-0.15, -0.1) is 11.3 Å². The second-order valence-electron chi connectivity index (χ2n) is 7.64. The molecule has 4 aromatic rings. The Labute approximate surface area is 218 Å². The van der Waals surface area contributed by atoms with Crippen molar-refractivity contribution in [3.05, 3.63) is 99.5 Å².